The van der Waals surface area contributed by atoms with Gasteiger partial charge in [-0.05, 0) is 24.3 Å². The number of thioether (sulfide) groups is 1. The molecule has 0 radical (unpaired) electrons. The second kappa shape index (κ2) is 9.29. The van der Waals surface area contributed by atoms with Crippen LogP contribution in [0, 0.1) is 0 Å². The minimum atomic E-state index is -0.244. The lowest BCUT2D eigenvalue weighted by Crippen LogP contribution is -2.23. The Balaban J connectivity index is 1.80. The van der Waals surface area contributed by atoms with Gasteiger partial charge in [-0.15, -0.1) is 6.58 Å². The summed E-state index contributed by atoms with van der Waals surface area (Å²) in [6.07, 6.45) is 1.63. The van der Waals surface area contributed by atoms with E-state index >= 15 is 0 Å². The molecule has 0 fully saturated rings. The van der Waals surface area contributed by atoms with Crippen LogP contribution >= 0.6 is 11.8 Å². The second-order valence-electron chi connectivity index (χ2n) is 6.02. The van der Waals surface area contributed by atoms with Crippen LogP contribution in [0.2, 0.25) is 0 Å². The van der Waals surface area contributed by atoms with Crippen LogP contribution in [0.3, 0.4) is 0 Å². The number of ether oxygens (including phenoxy) is 2. The van der Waals surface area contributed by atoms with E-state index < -0.39 is 0 Å². The molecule has 0 unspecified atom stereocenters. The molecule has 3 rings (SSSR count). The maximum atomic E-state index is 12.8. The van der Waals surface area contributed by atoms with E-state index in [0.29, 0.717) is 39.8 Å². The van der Waals surface area contributed by atoms with Crippen LogP contribution in [0.4, 0.5) is 5.69 Å². The summed E-state index contributed by atoms with van der Waals surface area (Å²) in [5, 5.41) is 3.81. The first-order valence-corrected chi connectivity index (χ1v) is 9.81. The van der Waals surface area contributed by atoms with Gasteiger partial charge < -0.3 is 14.8 Å². The summed E-state index contributed by atoms with van der Waals surface area (Å²) < 4.78 is 12.0. The third-order valence-electron chi connectivity index (χ3n) is 4.15. The normalized spacial score (nSPS) is 10.6. The summed E-state index contributed by atoms with van der Waals surface area (Å²) in [5.41, 5.74) is 0.974. The summed E-state index contributed by atoms with van der Waals surface area (Å²) in [4.78, 5) is 29.8. The van der Waals surface area contributed by atoms with Crippen LogP contribution in [-0.2, 0) is 11.3 Å². The minimum Gasteiger partial charge on any atom is -0.497 e. The Morgan fingerprint density at radius 1 is 1.24 bits per heavy atom. The number of nitrogens with one attached hydrogen (secondary N) is 1. The molecule has 1 amide bonds. The molecule has 1 heterocycles. The van der Waals surface area contributed by atoms with E-state index in [1.54, 1.807) is 49.6 Å². The van der Waals surface area contributed by atoms with Gasteiger partial charge >= 0.3 is 0 Å². The van der Waals surface area contributed by atoms with E-state index in [0.717, 1.165) is 0 Å². The number of hydrogen-bond acceptors (Lipinski definition) is 6. The van der Waals surface area contributed by atoms with Crippen molar-refractivity contribution in [2.24, 2.45) is 0 Å². The summed E-state index contributed by atoms with van der Waals surface area (Å²) in [5.74, 6) is 0.959. The molecular formula is C21H21N3O4S. The van der Waals surface area contributed by atoms with Crippen molar-refractivity contribution in [1.29, 1.82) is 0 Å². The fraction of sp³-hybridized carbons (Fsp3) is 0.190. The Kier molecular flexibility index (Phi) is 6.56. The maximum Gasteiger partial charge on any atom is 0.262 e. The van der Waals surface area contributed by atoms with Gasteiger partial charge in [-0.1, -0.05) is 30.0 Å². The van der Waals surface area contributed by atoms with Crippen LogP contribution in [-0.4, -0.2) is 35.4 Å². The van der Waals surface area contributed by atoms with E-state index in [-0.39, 0.29) is 17.2 Å². The Hall–Kier alpha value is -3.26. The Labute approximate surface area is 172 Å². The van der Waals surface area contributed by atoms with E-state index in [2.05, 4.69) is 16.9 Å². The molecule has 1 N–H and O–H groups in total. The Bertz CT molecular complexity index is 1110. The number of fused-ring (bicyclic) bond motifs is 1. The maximum absolute atomic E-state index is 12.8. The number of carbonyl (C=O) groups is 1. The average Bonchev–Trinajstić information content (AvgIpc) is 2.75. The number of rotatable bonds is 8. The highest BCUT2D eigenvalue weighted by molar-refractivity contribution is 7.99. The lowest BCUT2D eigenvalue weighted by molar-refractivity contribution is -0.113. The third kappa shape index (κ3) is 4.60. The predicted molar refractivity (Wildman–Crippen MR) is 115 cm³/mol. The Morgan fingerprint density at radius 3 is 2.76 bits per heavy atom. The SMILES string of the molecule is C=CCn1c(SCC(=O)Nc2ccc(OC)cc2OC)nc2ccccc2c1=O. The van der Waals surface area contributed by atoms with E-state index in [1.165, 1.54) is 23.4 Å². The van der Waals surface area contributed by atoms with Gasteiger partial charge in [0.2, 0.25) is 5.91 Å². The van der Waals surface area contributed by atoms with Gasteiger partial charge in [0, 0.05) is 12.6 Å². The second-order valence-corrected chi connectivity index (χ2v) is 6.96. The number of allylic oxidation sites excluding steroid dienone is 1. The standard InChI is InChI=1S/C21H21N3O4S/c1-4-11-24-20(26)15-7-5-6-8-16(15)23-21(24)29-13-19(25)22-17-10-9-14(27-2)12-18(17)28-3/h4-10,12H,1,11,13H2,2-3H3,(H,22,25). The van der Waals surface area contributed by atoms with Gasteiger partial charge in [-0.3, -0.25) is 14.2 Å². The van der Waals surface area contributed by atoms with Crippen molar-refractivity contribution < 1.29 is 14.3 Å². The van der Waals surface area contributed by atoms with Crippen LogP contribution in [0.15, 0.2) is 65.1 Å². The topological polar surface area (TPSA) is 82.5 Å². The van der Waals surface area contributed by atoms with E-state index in [1.807, 2.05) is 6.07 Å². The number of nitrogens with zero attached hydrogens (tertiary/aromatic N) is 2. The number of benzene rings is 2. The Morgan fingerprint density at radius 2 is 2.03 bits per heavy atom. The van der Waals surface area contributed by atoms with E-state index in [4.69, 9.17) is 9.47 Å². The van der Waals surface area contributed by atoms with Crippen LogP contribution in [0.25, 0.3) is 10.9 Å². The van der Waals surface area contributed by atoms with Gasteiger partial charge in [-0.25, -0.2) is 4.98 Å². The minimum absolute atomic E-state index is 0.0805. The molecule has 7 nitrogen and oxygen atoms in total. The van der Waals surface area contributed by atoms with Gasteiger partial charge in [0.25, 0.3) is 5.56 Å². The fourth-order valence-corrected chi connectivity index (χ4v) is 3.57. The molecule has 0 spiro atoms. The molecule has 3 aromatic rings. The molecule has 1 aromatic heterocycles. The molecule has 0 saturated heterocycles. The predicted octanol–water partition coefficient (Wildman–Crippen LogP) is 3.33. The first-order chi connectivity index (χ1) is 14.1. The van der Waals surface area contributed by atoms with Crippen LogP contribution in [0.5, 0.6) is 11.5 Å². The number of carbonyl (C=O) groups excluding carboxylic acids is 1. The molecule has 2 aromatic carbocycles. The fourth-order valence-electron chi connectivity index (χ4n) is 2.77. The van der Waals surface area contributed by atoms with Crippen molar-refractivity contribution in [2.75, 3.05) is 25.3 Å². The number of anilines is 1. The molecular weight excluding hydrogens is 390 g/mol. The summed E-state index contributed by atoms with van der Waals surface area (Å²) in [6.45, 7) is 4.01. The highest BCUT2D eigenvalue weighted by Gasteiger charge is 2.14. The van der Waals surface area contributed by atoms with Crippen molar-refractivity contribution in [3.05, 3.63) is 65.5 Å². The number of amides is 1. The third-order valence-corrected chi connectivity index (χ3v) is 5.13. The molecule has 0 aliphatic heterocycles. The quantitative estimate of drug-likeness (QED) is 0.348. The number of hydrogen-bond donors (Lipinski definition) is 1. The average molecular weight is 411 g/mol. The zero-order chi connectivity index (χ0) is 20.8. The van der Waals surface area contributed by atoms with Crippen molar-refractivity contribution >= 4 is 34.3 Å². The monoisotopic (exact) mass is 411 g/mol. The highest BCUT2D eigenvalue weighted by Crippen LogP contribution is 2.29. The van der Waals surface area contributed by atoms with Gasteiger partial charge in [-0.2, -0.15) is 0 Å². The lowest BCUT2D eigenvalue weighted by Gasteiger charge is -2.13. The smallest absolute Gasteiger partial charge is 0.262 e. The molecule has 29 heavy (non-hydrogen) atoms. The molecule has 150 valence electrons. The van der Waals surface area contributed by atoms with Gasteiger partial charge in [0.05, 0.1) is 36.6 Å². The van der Waals surface area contributed by atoms with Crippen molar-refractivity contribution in [1.82, 2.24) is 9.55 Å². The number of para-hydroxylation sites is 1. The molecule has 0 saturated carbocycles. The summed E-state index contributed by atoms with van der Waals surface area (Å²) >= 11 is 1.19. The summed E-state index contributed by atoms with van der Waals surface area (Å²) in [7, 11) is 3.08. The highest BCUT2D eigenvalue weighted by atomic mass is 32.2. The van der Waals surface area contributed by atoms with Crippen molar-refractivity contribution in [3.8, 4) is 11.5 Å². The number of methoxy groups -OCH3 is 2. The van der Waals surface area contributed by atoms with Crippen LogP contribution < -0.4 is 20.3 Å². The van der Waals surface area contributed by atoms with Gasteiger partial charge in [0.15, 0.2) is 5.16 Å². The molecule has 0 aliphatic rings. The van der Waals surface area contributed by atoms with E-state index in [9.17, 15) is 9.59 Å². The first-order valence-electron chi connectivity index (χ1n) is 8.82. The van der Waals surface area contributed by atoms with Crippen molar-refractivity contribution in [2.45, 2.75) is 11.7 Å². The zero-order valence-electron chi connectivity index (χ0n) is 16.2. The molecule has 0 bridgehead atoms. The van der Waals surface area contributed by atoms with Crippen LogP contribution in [0.1, 0.15) is 0 Å². The largest absolute Gasteiger partial charge is 0.497 e. The lowest BCUT2D eigenvalue weighted by atomic mass is 10.2. The summed E-state index contributed by atoms with van der Waals surface area (Å²) in [6, 6.07) is 12.3. The molecule has 0 atom stereocenters. The molecule has 8 heteroatoms. The zero-order valence-corrected chi connectivity index (χ0v) is 17.0. The molecule has 0 aliphatic carbocycles. The number of aromatic nitrogens is 2. The first kappa shape index (κ1) is 20.5. The van der Waals surface area contributed by atoms with Gasteiger partial charge in [0.1, 0.15) is 11.5 Å². The van der Waals surface area contributed by atoms with Crippen molar-refractivity contribution in [3.63, 3.8) is 0 Å².